The number of carbonyl (C=O) groups excluding carboxylic acids is 1. The maximum atomic E-state index is 11.4. The molecule has 0 bridgehead atoms. The minimum Gasteiger partial charge on any atom is -0.490 e. The molecule has 0 fully saturated rings. The van der Waals surface area contributed by atoms with Crippen molar-refractivity contribution >= 4 is 13.8 Å². The van der Waals surface area contributed by atoms with E-state index in [1.807, 2.05) is 32.2 Å². The predicted octanol–water partition coefficient (Wildman–Crippen LogP) is 1.71. The van der Waals surface area contributed by atoms with Crippen LogP contribution in [0.1, 0.15) is 37.1 Å². The normalized spacial score (nSPS) is 10.9. The van der Waals surface area contributed by atoms with Crippen molar-refractivity contribution in [3.63, 3.8) is 0 Å². The molecule has 164 valence electrons. The summed E-state index contributed by atoms with van der Waals surface area (Å²) in [6.45, 7) is 8.90. The lowest BCUT2D eigenvalue weighted by atomic mass is 9.95. The second-order valence-corrected chi connectivity index (χ2v) is 6.92. The minimum absolute atomic E-state index is 0.356. The quantitative estimate of drug-likeness (QED) is 0.200. The number of esters is 1. The molecule has 0 radical (unpaired) electrons. The smallest absolute Gasteiger partial charge is 0.308 e. The molecular weight excluding hydrogens is 385 g/mol. The van der Waals surface area contributed by atoms with Gasteiger partial charge in [-0.1, -0.05) is 23.2 Å². The zero-order valence-corrected chi connectivity index (χ0v) is 18.5. The molecule has 30 heavy (non-hydrogen) atoms. The number of aryl methyl sites for hydroxylation is 2. The first kappa shape index (κ1) is 23.9. The van der Waals surface area contributed by atoms with Crippen molar-refractivity contribution in [1.82, 2.24) is 15.0 Å². The summed E-state index contributed by atoms with van der Waals surface area (Å²) >= 11 is 0. The average molecular weight is 417 g/mol. The van der Waals surface area contributed by atoms with Crippen LogP contribution < -0.4 is 9.47 Å². The zero-order chi connectivity index (χ0) is 21.8. The van der Waals surface area contributed by atoms with Crippen LogP contribution in [0.3, 0.4) is 0 Å². The second kappa shape index (κ2) is 13.0. The summed E-state index contributed by atoms with van der Waals surface area (Å²) in [5.41, 5.74) is 2.95. The molecule has 2 aromatic rings. The van der Waals surface area contributed by atoms with E-state index in [0.29, 0.717) is 51.1 Å². The molecule has 1 heterocycles. The Kier molecular flexibility index (Phi) is 10.4. The molecule has 8 nitrogen and oxygen atoms in total. The Morgan fingerprint density at radius 1 is 1.17 bits per heavy atom. The fraction of sp³-hybridized carbons (Fsp3) is 0.571. The van der Waals surface area contributed by atoms with E-state index in [1.54, 1.807) is 4.68 Å². The first-order chi connectivity index (χ1) is 14.5. The molecule has 0 saturated heterocycles. The Hall–Kier alpha value is -2.39. The van der Waals surface area contributed by atoms with Gasteiger partial charge in [-0.15, -0.1) is 5.10 Å². The second-order valence-electron chi connectivity index (χ2n) is 6.92. The standard InChI is InChI=1S/C21H32BN3O5/c1-4-27-10-11-28-9-7-25-15-19(23-24-25)6-5-8-29-20-13-18(14-22)12-16(2)21(20)30-17(3)26/h12-13,15H,4-11,14,22H2,1-3H3. The first-order valence-corrected chi connectivity index (χ1v) is 10.5. The van der Waals surface area contributed by atoms with Crippen LogP contribution in [0.4, 0.5) is 0 Å². The third-order valence-electron chi connectivity index (χ3n) is 4.42. The van der Waals surface area contributed by atoms with Gasteiger partial charge in [-0.3, -0.25) is 4.79 Å². The van der Waals surface area contributed by atoms with Crippen LogP contribution in [-0.2, 0) is 33.6 Å². The summed E-state index contributed by atoms with van der Waals surface area (Å²) in [6.07, 6.45) is 4.34. The van der Waals surface area contributed by atoms with Crippen molar-refractivity contribution in [2.75, 3.05) is 33.0 Å². The highest BCUT2D eigenvalue weighted by atomic mass is 16.6. The summed E-state index contributed by atoms with van der Waals surface area (Å²) in [5.74, 6) is 0.746. The van der Waals surface area contributed by atoms with Crippen LogP contribution in [0.15, 0.2) is 18.3 Å². The van der Waals surface area contributed by atoms with Crippen LogP contribution in [0, 0.1) is 6.92 Å². The fourth-order valence-corrected chi connectivity index (χ4v) is 2.92. The zero-order valence-electron chi connectivity index (χ0n) is 18.5. The molecule has 0 atom stereocenters. The van der Waals surface area contributed by atoms with E-state index in [-0.39, 0.29) is 5.97 Å². The average Bonchev–Trinajstić information content (AvgIpc) is 3.17. The maximum Gasteiger partial charge on any atom is 0.308 e. The molecule has 0 aliphatic rings. The Morgan fingerprint density at radius 3 is 2.70 bits per heavy atom. The summed E-state index contributed by atoms with van der Waals surface area (Å²) in [5, 5.41) is 8.32. The molecule has 9 heteroatoms. The molecule has 1 aromatic heterocycles. The van der Waals surface area contributed by atoms with E-state index in [4.69, 9.17) is 18.9 Å². The van der Waals surface area contributed by atoms with Crippen LogP contribution in [0.25, 0.3) is 0 Å². The highest BCUT2D eigenvalue weighted by Crippen LogP contribution is 2.33. The van der Waals surface area contributed by atoms with Gasteiger partial charge in [0.05, 0.1) is 38.7 Å². The Morgan fingerprint density at radius 2 is 1.97 bits per heavy atom. The number of hydrogen-bond donors (Lipinski definition) is 0. The van der Waals surface area contributed by atoms with Crippen LogP contribution in [0.2, 0.25) is 0 Å². The molecule has 1 aromatic carbocycles. The van der Waals surface area contributed by atoms with E-state index in [9.17, 15) is 4.79 Å². The van der Waals surface area contributed by atoms with Crippen LogP contribution >= 0.6 is 0 Å². The van der Waals surface area contributed by atoms with Gasteiger partial charge < -0.3 is 18.9 Å². The Bertz CT molecular complexity index is 797. The molecule has 0 aliphatic carbocycles. The van der Waals surface area contributed by atoms with Gasteiger partial charge in [0.2, 0.25) is 0 Å². The molecule has 0 spiro atoms. The van der Waals surface area contributed by atoms with Crippen LogP contribution in [0.5, 0.6) is 11.5 Å². The third-order valence-corrected chi connectivity index (χ3v) is 4.42. The predicted molar refractivity (Wildman–Crippen MR) is 116 cm³/mol. The molecule has 0 unspecified atom stereocenters. The van der Waals surface area contributed by atoms with Gasteiger partial charge in [0.15, 0.2) is 11.5 Å². The summed E-state index contributed by atoms with van der Waals surface area (Å²) in [7, 11) is 2.08. The van der Waals surface area contributed by atoms with Crippen molar-refractivity contribution in [2.24, 2.45) is 0 Å². The van der Waals surface area contributed by atoms with Gasteiger partial charge >= 0.3 is 5.97 Å². The Balaban J connectivity index is 1.78. The number of rotatable bonds is 14. The highest BCUT2D eigenvalue weighted by Gasteiger charge is 2.13. The third kappa shape index (κ3) is 8.16. The fourth-order valence-electron chi connectivity index (χ4n) is 2.92. The number of hydrogen-bond acceptors (Lipinski definition) is 7. The van der Waals surface area contributed by atoms with Gasteiger partial charge in [0.25, 0.3) is 0 Å². The van der Waals surface area contributed by atoms with Crippen molar-refractivity contribution in [3.05, 3.63) is 35.2 Å². The lowest BCUT2D eigenvalue weighted by Crippen LogP contribution is -2.10. The van der Waals surface area contributed by atoms with Crippen molar-refractivity contribution in [1.29, 1.82) is 0 Å². The van der Waals surface area contributed by atoms with Gasteiger partial charge in [0.1, 0.15) is 7.85 Å². The lowest BCUT2D eigenvalue weighted by Gasteiger charge is -2.14. The van der Waals surface area contributed by atoms with Gasteiger partial charge in [-0.05, 0) is 38.3 Å². The van der Waals surface area contributed by atoms with E-state index >= 15 is 0 Å². The monoisotopic (exact) mass is 417 g/mol. The van der Waals surface area contributed by atoms with Crippen molar-refractivity contribution in [2.45, 2.75) is 46.5 Å². The van der Waals surface area contributed by atoms with Crippen LogP contribution in [-0.4, -0.2) is 61.8 Å². The van der Waals surface area contributed by atoms with Crippen molar-refractivity contribution < 1.29 is 23.7 Å². The van der Waals surface area contributed by atoms with E-state index in [0.717, 1.165) is 36.0 Å². The highest BCUT2D eigenvalue weighted by molar-refractivity contribution is 6.08. The number of nitrogens with zero attached hydrogens (tertiary/aromatic N) is 3. The van der Waals surface area contributed by atoms with Crippen molar-refractivity contribution in [3.8, 4) is 11.5 Å². The van der Waals surface area contributed by atoms with Gasteiger partial charge in [-0.25, -0.2) is 4.68 Å². The number of aromatic nitrogens is 3. The molecule has 2 rings (SSSR count). The maximum absolute atomic E-state index is 11.4. The SMILES string of the molecule is BCc1cc(C)c(OC(C)=O)c(OCCCc2cn(CCOCCOCC)nn2)c1. The molecule has 0 aliphatic heterocycles. The van der Waals surface area contributed by atoms with E-state index in [1.165, 1.54) is 6.92 Å². The largest absolute Gasteiger partial charge is 0.490 e. The topological polar surface area (TPSA) is 84.7 Å². The van der Waals surface area contributed by atoms with E-state index < -0.39 is 0 Å². The molecule has 0 amide bonds. The number of benzene rings is 1. The molecular formula is C21H32BN3O5. The summed E-state index contributed by atoms with van der Waals surface area (Å²) in [6, 6.07) is 3.96. The summed E-state index contributed by atoms with van der Waals surface area (Å²) in [4.78, 5) is 11.4. The summed E-state index contributed by atoms with van der Waals surface area (Å²) < 4.78 is 23.8. The van der Waals surface area contributed by atoms with E-state index in [2.05, 4.69) is 18.2 Å². The van der Waals surface area contributed by atoms with Gasteiger partial charge in [0, 0.05) is 19.7 Å². The lowest BCUT2D eigenvalue weighted by molar-refractivity contribution is -0.132. The first-order valence-electron chi connectivity index (χ1n) is 10.5. The van der Waals surface area contributed by atoms with Gasteiger partial charge in [-0.2, -0.15) is 0 Å². The molecule has 0 N–H and O–H groups in total. The Labute approximate surface area is 179 Å². The number of carbonyl (C=O) groups is 1. The number of ether oxygens (including phenoxy) is 4. The minimum atomic E-state index is -0.356. The molecule has 0 saturated carbocycles.